The summed E-state index contributed by atoms with van der Waals surface area (Å²) < 4.78 is 5.12. The molecule has 1 aromatic rings. The van der Waals surface area contributed by atoms with Gasteiger partial charge >= 0.3 is 6.01 Å². The van der Waals surface area contributed by atoms with Crippen molar-refractivity contribution in [1.82, 2.24) is 20.8 Å². The Morgan fingerprint density at radius 2 is 2.53 bits per heavy atom. The van der Waals surface area contributed by atoms with E-state index in [2.05, 4.69) is 20.8 Å². The van der Waals surface area contributed by atoms with Gasteiger partial charge in [0.05, 0.1) is 0 Å². The van der Waals surface area contributed by atoms with E-state index < -0.39 is 0 Å². The highest BCUT2D eigenvalue weighted by Gasteiger charge is 2.31. The van der Waals surface area contributed by atoms with Gasteiger partial charge in [-0.25, -0.2) is 0 Å². The molecule has 0 saturated carbocycles. The Hall–Kier alpha value is -1.63. The third-order valence-corrected chi connectivity index (χ3v) is 2.66. The van der Waals surface area contributed by atoms with Gasteiger partial charge in [-0.3, -0.25) is 4.79 Å². The molecule has 7 nitrogen and oxygen atoms in total. The Morgan fingerprint density at radius 3 is 3.18 bits per heavy atom. The van der Waals surface area contributed by atoms with Crippen LogP contribution in [-0.4, -0.2) is 48.3 Å². The van der Waals surface area contributed by atoms with Crippen molar-refractivity contribution in [3.63, 3.8) is 0 Å². The van der Waals surface area contributed by atoms with E-state index in [0.29, 0.717) is 31.5 Å². The van der Waals surface area contributed by atoms with Crippen molar-refractivity contribution in [2.45, 2.75) is 19.9 Å². The van der Waals surface area contributed by atoms with Crippen LogP contribution in [0.1, 0.15) is 12.7 Å². The van der Waals surface area contributed by atoms with E-state index in [-0.39, 0.29) is 11.9 Å². The number of hydrogen-bond donors (Lipinski definition) is 2. The molecule has 2 N–H and O–H groups in total. The lowest BCUT2D eigenvalue weighted by atomic mass is 10.2. The lowest BCUT2D eigenvalue weighted by Gasteiger charge is -2.33. The minimum atomic E-state index is -0.288. The number of nitrogens with one attached hydrogen (secondary N) is 2. The van der Waals surface area contributed by atoms with Crippen LogP contribution in [-0.2, 0) is 4.79 Å². The zero-order chi connectivity index (χ0) is 12.3. The van der Waals surface area contributed by atoms with E-state index in [1.165, 1.54) is 0 Å². The highest BCUT2D eigenvalue weighted by Crippen LogP contribution is 2.15. The number of rotatable bonds is 3. The van der Waals surface area contributed by atoms with Crippen LogP contribution in [0.25, 0.3) is 0 Å². The van der Waals surface area contributed by atoms with Gasteiger partial charge in [-0.05, 0) is 13.8 Å². The molecule has 0 radical (unpaired) electrons. The largest absolute Gasteiger partial charge is 0.355 e. The second-order valence-corrected chi connectivity index (χ2v) is 3.93. The summed E-state index contributed by atoms with van der Waals surface area (Å²) in [5.41, 5.74) is 0. The fraction of sp³-hybridized carbons (Fsp3) is 0.700. The van der Waals surface area contributed by atoms with Crippen LogP contribution < -0.4 is 15.5 Å². The average molecular weight is 239 g/mol. The quantitative estimate of drug-likeness (QED) is 0.725. The van der Waals surface area contributed by atoms with Crippen LogP contribution in [0.2, 0.25) is 0 Å². The number of aryl methyl sites for hydroxylation is 1. The van der Waals surface area contributed by atoms with Crippen LogP contribution >= 0.6 is 0 Å². The number of carbonyl (C=O) groups is 1. The average Bonchev–Trinajstić information content (AvgIpc) is 2.76. The SMILES string of the molecule is CCNC(=O)C1CNCCN1c1nc(C)no1. The molecular weight excluding hydrogens is 222 g/mol. The Kier molecular flexibility index (Phi) is 3.58. The van der Waals surface area contributed by atoms with Crippen LogP contribution in [0, 0.1) is 6.92 Å². The number of anilines is 1. The molecule has 0 spiro atoms. The first-order valence-electron chi connectivity index (χ1n) is 5.77. The fourth-order valence-corrected chi connectivity index (χ4v) is 1.86. The number of likely N-dealkylation sites (N-methyl/N-ethyl adjacent to an activating group) is 1. The summed E-state index contributed by atoms with van der Waals surface area (Å²) in [6.07, 6.45) is 0. The molecule has 1 unspecified atom stereocenters. The smallest absolute Gasteiger partial charge is 0.324 e. The molecule has 7 heteroatoms. The van der Waals surface area contributed by atoms with E-state index in [0.717, 1.165) is 6.54 Å². The van der Waals surface area contributed by atoms with Gasteiger partial charge in [0.25, 0.3) is 0 Å². The summed E-state index contributed by atoms with van der Waals surface area (Å²) in [5, 5.41) is 9.75. The molecule has 94 valence electrons. The van der Waals surface area contributed by atoms with E-state index in [1.54, 1.807) is 6.92 Å². The van der Waals surface area contributed by atoms with Crippen molar-refractivity contribution >= 4 is 11.9 Å². The van der Waals surface area contributed by atoms with Crippen LogP contribution in [0.5, 0.6) is 0 Å². The second kappa shape index (κ2) is 5.13. The molecule has 1 aromatic heterocycles. The summed E-state index contributed by atoms with van der Waals surface area (Å²) >= 11 is 0. The summed E-state index contributed by atoms with van der Waals surface area (Å²) in [6.45, 7) is 6.35. The maximum atomic E-state index is 11.9. The summed E-state index contributed by atoms with van der Waals surface area (Å²) in [6, 6.07) is 0.129. The monoisotopic (exact) mass is 239 g/mol. The summed E-state index contributed by atoms with van der Waals surface area (Å²) in [4.78, 5) is 17.9. The maximum Gasteiger partial charge on any atom is 0.324 e. The molecular formula is C10H17N5O2. The highest BCUT2D eigenvalue weighted by atomic mass is 16.5. The van der Waals surface area contributed by atoms with Gasteiger partial charge in [0.2, 0.25) is 5.91 Å². The Morgan fingerprint density at radius 1 is 1.71 bits per heavy atom. The summed E-state index contributed by atoms with van der Waals surface area (Å²) in [7, 11) is 0. The molecule has 0 bridgehead atoms. The van der Waals surface area contributed by atoms with E-state index >= 15 is 0 Å². The lowest BCUT2D eigenvalue weighted by Crippen LogP contribution is -2.58. The van der Waals surface area contributed by atoms with Crippen LogP contribution in [0.3, 0.4) is 0 Å². The second-order valence-electron chi connectivity index (χ2n) is 3.93. The summed E-state index contributed by atoms with van der Waals surface area (Å²) in [5.74, 6) is 0.559. The van der Waals surface area contributed by atoms with Crippen molar-refractivity contribution in [2.24, 2.45) is 0 Å². The molecule has 2 rings (SSSR count). The number of aromatic nitrogens is 2. The Bertz CT molecular complexity index is 392. The third kappa shape index (κ3) is 2.55. The van der Waals surface area contributed by atoms with Crippen molar-refractivity contribution in [1.29, 1.82) is 0 Å². The molecule has 1 saturated heterocycles. The first kappa shape index (κ1) is 11.8. The Labute approximate surface area is 99.6 Å². The number of hydrogen-bond acceptors (Lipinski definition) is 6. The minimum Gasteiger partial charge on any atom is -0.355 e. The van der Waals surface area contributed by atoms with E-state index in [4.69, 9.17) is 4.52 Å². The van der Waals surface area contributed by atoms with E-state index in [1.807, 2.05) is 11.8 Å². The molecule has 1 atom stereocenters. The molecule has 0 aliphatic carbocycles. The van der Waals surface area contributed by atoms with Crippen molar-refractivity contribution < 1.29 is 9.32 Å². The van der Waals surface area contributed by atoms with Gasteiger partial charge in [-0.2, -0.15) is 4.98 Å². The Balaban J connectivity index is 2.14. The van der Waals surface area contributed by atoms with Gasteiger partial charge in [0, 0.05) is 26.2 Å². The van der Waals surface area contributed by atoms with Gasteiger partial charge < -0.3 is 20.1 Å². The first-order valence-corrected chi connectivity index (χ1v) is 5.77. The van der Waals surface area contributed by atoms with Gasteiger partial charge in [0.15, 0.2) is 5.82 Å². The number of carbonyl (C=O) groups excluding carboxylic acids is 1. The normalized spacial score (nSPS) is 20.4. The van der Waals surface area contributed by atoms with Gasteiger partial charge in [0.1, 0.15) is 6.04 Å². The van der Waals surface area contributed by atoms with Crippen LogP contribution in [0.4, 0.5) is 6.01 Å². The standard InChI is InChI=1S/C10H17N5O2/c1-3-12-9(16)8-6-11-4-5-15(8)10-13-7(2)14-17-10/h8,11H,3-6H2,1-2H3,(H,12,16). The van der Waals surface area contributed by atoms with Crippen molar-refractivity contribution in [3.05, 3.63) is 5.82 Å². The molecule has 1 amide bonds. The predicted octanol–water partition coefficient (Wildman–Crippen LogP) is -0.708. The van der Waals surface area contributed by atoms with E-state index in [9.17, 15) is 4.79 Å². The minimum absolute atomic E-state index is 0.0180. The first-order chi connectivity index (χ1) is 8.22. The number of amides is 1. The molecule has 2 heterocycles. The van der Waals surface area contributed by atoms with Crippen molar-refractivity contribution in [3.8, 4) is 0 Å². The molecule has 0 aromatic carbocycles. The van der Waals surface area contributed by atoms with Gasteiger partial charge in [-0.1, -0.05) is 5.16 Å². The fourth-order valence-electron chi connectivity index (χ4n) is 1.86. The van der Waals surface area contributed by atoms with Crippen molar-refractivity contribution in [2.75, 3.05) is 31.1 Å². The van der Waals surface area contributed by atoms with Gasteiger partial charge in [-0.15, -0.1) is 0 Å². The lowest BCUT2D eigenvalue weighted by molar-refractivity contribution is -0.122. The zero-order valence-electron chi connectivity index (χ0n) is 10.1. The third-order valence-electron chi connectivity index (χ3n) is 2.66. The topological polar surface area (TPSA) is 83.3 Å². The molecule has 1 fully saturated rings. The zero-order valence-corrected chi connectivity index (χ0v) is 10.1. The molecule has 17 heavy (non-hydrogen) atoms. The molecule has 1 aliphatic rings. The van der Waals surface area contributed by atoms with Crippen LogP contribution in [0.15, 0.2) is 4.52 Å². The maximum absolute atomic E-state index is 11.9. The predicted molar refractivity (Wildman–Crippen MR) is 61.7 cm³/mol. The molecule has 1 aliphatic heterocycles. The highest BCUT2D eigenvalue weighted by molar-refractivity contribution is 5.85. The number of nitrogens with zero attached hydrogens (tertiary/aromatic N) is 3. The number of piperazine rings is 1.